The minimum absolute atomic E-state index is 0.00266. The molecule has 2 heterocycles. The van der Waals surface area contributed by atoms with Gasteiger partial charge in [0.05, 0.1) is 6.54 Å². The van der Waals surface area contributed by atoms with E-state index in [0.29, 0.717) is 0 Å². The number of carbonyl (C=O) groups excluding carboxylic acids is 1. The van der Waals surface area contributed by atoms with Crippen LogP contribution in [0.25, 0.3) is 0 Å². The van der Waals surface area contributed by atoms with Crippen LogP contribution in [0.5, 0.6) is 0 Å². The molecule has 2 aromatic heterocycles. The van der Waals surface area contributed by atoms with Crippen molar-refractivity contribution in [2.45, 2.75) is 19.6 Å². The molecule has 8 nitrogen and oxygen atoms in total. The fourth-order valence-corrected chi connectivity index (χ4v) is 1.97. The molecule has 2 rings (SSSR count). The Bertz CT molecular complexity index is 878. The molecule has 0 bridgehead atoms. The SMILES string of the molecule is Cc1cc(C(F)(F)F)nn1CCNC(=O)c1cn(C)c(=O)[nH]c1=O. The van der Waals surface area contributed by atoms with E-state index in [4.69, 9.17) is 0 Å². The monoisotopic (exact) mass is 345 g/mol. The van der Waals surface area contributed by atoms with Gasteiger partial charge in [0.2, 0.25) is 0 Å². The maximum atomic E-state index is 12.6. The number of hydrogen-bond donors (Lipinski definition) is 2. The maximum absolute atomic E-state index is 12.6. The third-order valence-corrected chi connectivity index (χ3v) is 3.23. The highest BCUT2D eigenvalue weighted by Crippen LogP contribution is 2.28. The quantitative estimate of drug-likeness (QED) is 0.816. The van der Waals surface area contributed by atoms with Crippen molar-refractivity contribution in [3.05, 3.63) is 50.1 Å². The van der Waals surface area contributed by atoms with Gasteiger partial charge in [-0.2, -0.15) is 18.3 Å². The zero-order chi connectivity index (χ0) is 18.1. The first kappa shape index (κ1) is 17.5. The number of H-pyrrole nitrogens is 1. The van der Waals surface area contributed by atoms with Crippen LogP contribution in [0.2, 0.25) is 0 Å². The van der Waals surface area contributed by atoms with Crippen LogP contribution in [0.4, 0.5) is 13.2 Å². The highest BCUT2D eigenvalue weighted by atomic mass is 19.4. The molecular weight excluding hydrogens is 331 g/mol. The fraction of sp³-hybridized carbons (Fsp3) is 0.385. The molecule has 0 aliphatic rings. The number of alkyl halides is 3. The second-order valence-corrected chi connectivity index (χ2v) is 5.06. The third kappa shape index (κ3) is 3.73. The van der Waals surface area contributed by atoms with Crippen LogP contribution >= 0.6 is 0 Å². The summed E-state index contributed by atoms with van der Waals surface area (Å²) in [6.45, 7) is 1.42. The zero-order valence-electron chi connectivity index (χ0n) is 12.8. The molecule has 0 aliphatic carbocycles. The van der Waals surface area contributed by atoms with Gasteiger partial charge in [0, 0.05) is 25.5 Å². The molecule has 1 amide bonds. The lowest BCUT2D eigenvalue weighted by atomic mass is 10.3. The number of aromatic amines is 1. The first-order valence-electron chi connectivity index (χ1n) is 6.79. The standard InChI is InChI=1S/C13H14F3N5O3/c1-7-5-9(13(14,15)16)19-21(7)4-3-17-10(22)8-6-20(2)12(24)18-11(8)23/h5-6H,3-4H2,1-2H3,(H,17,22)(H,18,23,24). The Labute approximate surface area is 132 Å². The largest absolute Gasteiger partial charge is 0.435 e. The lowest BCUT2D eigenvalue weighted by Gasteiger charge is -2.07. The lowest BCUT2D eigenvalue weighted by Crippen LogP contribution is -2.37. The Morgan fingerprint density at radius 3 is 2.62 bits per heavy atom. The van der Waals surface area contributed by atoms with E-state index in [1.807, 2.05) is 4.98 Å². The average molecular weight is 345 g/mol. The van der Waals surface area contributed by atoms with E-state index in [1.165, 1.54) is 14.0 Å². The second kappa shape index (κ2) is 6.34. The van der Waals surface area contributed by atoms with Gasteiger partial charge in [-0.1, -0.05) is 0 Å². The average Bonchev–Trinajstić information content (AvgIpc) is 2.84. The molecule has 0 atom stereocenters. The van der Waals surface area contributed by atoms with Crippen molar-refractivity contribution in [2.75, 3.05) is 6.54 Å². The Hall–Kier alpha value is -2.85. The van der Waals surface area contributed by atoms with Gasteiger partial charge in [-0.15, -0.1) is 0 Å². The van der Waals surface area contributed by atoms with Crippen molar-refractivity contribution in [2.24, 2.45) is 7.05 Å². The molecule has 0 saturated heterocycles. The van der Waals surface area contributed by atoms with Crippen LogP contribution in [0.3, 0.4) is 0 Å². The van der Waals surface area contributed by atoms with E-state index in [9.17, 15) is 27.6 Å². The number of nitrogens with one attached hydrogen (secondary N) is 2. The first-order valence-corrected chi connectivity index (χ1v) is 6.79. The molecule has 0 spiro atoms. The van der Waals surface area contributed by atoms with Gasteiger partial charge >= 0.3 is 11.9 Å². The lowest BCUT2D eigenvalue weighted by molar-refractivity contribution is -0.141. The van der Waals surface area contributed by atoms with Crippen LogP contribution in [0.15, 0.2) is 21.9 Å². The summed E-state index contributed by atoms with van der Waals surface area (Å²) in [6, 6.07) is 0.902. The minimum atomic E-state index is -4.54. The van der Waals surface area contributed by atoms with Crippen molar-refractivity contribution >= 4 is 5.91 Å². The van der Waals surface area contributed by atoms with Crippen molar-refractivity contribution < 1.29 is 18.0 Å². The molecule has 0 saturated carbocycles. The van der Waals surface area contributed by atoms with E-state index in [-0.39, 0.29) is 24.3 Å². The van der Waals surface area contributed by atoms with Crippen LogP contribution in [-0.4, -0.2) is 31.8 Å². The number of amides is 1. The Balaban J connectivity index is 2.04. The fourth-order valence-electron chi connectivity index (χ4n) is 1.97. The topological polar surface area (TPSA) is 102 Å². The summed E-state index contributed by atoms with van der Waals surface area (Å²) in [5.41, 5.74) is -2.50. The number of nitrogens with zero attached hydrogens (tertiary/aromatic N) is 3. The molecule has 24 heavy (non-hydrogen) atoms. The highest BCUT2D eigenvalue weighted by molar-refractivity contribution is 5.93. The molecule has 0 radical (unpaired) electrons. The van der Waals surface area contributed by atoms with Crippen molar-refractivity contribution in [1.82, 2.24) is 24.6 Å². The van der Waals surface area contributed by atoms with Gasteiger partial charge in [0.15, 0.2) is 5.69 Å². The summed E-state index contributed by atoms with van der Waals surface area (Å²) < 4.78 is 39.8. The Morgan fingerprint density at radius 1 is 1.38 bits per heavy atom. The summed E-state index contributed by atoms with van der Waals surface area (Å²) >= 11 is 0. The van der Waals surface area contributed by atoms with Crippen LogP contribution < -0.4 is 16.6 Å². The van der Waals surface area contributed by atoms with E-state index in [2.05, 4.69) is 10.4 Å². The van der Waals surface area contributed by atoms with Gasteiger partial charge in [-0.25, -0.2) is 4.79 Å². The molecule has 130 valence electrons. The normalized spacial score (nSPS) is 11.5. The van der Waals surface area contributed by atoms with Crippen LogP contribution in [0, 0.1) is 6.92 Å². The van der Waals surface area contributed by atoms with Gasteiger partial charge in [-0.3, -0.25) is 19.3 Å². The van der Waals surface area contributed by atoms with Gasteiger partial charge in [-0.05, 0) is 13.0 Å². The van der Waals surface area contributed by atoms with Crippen molar-refractivity contribution in [3.63, 3.8) is 0 Å². The maximum Gasteiger partial charge on any atom is 0.435 e. The van der Waals surface area contributed by atoms with Crippen LogP contribution in [0.1, 0.15) is 21.7 Å². The Morgan fingerprint density at radius 2 is 2.04 bits per heavy atom. The van der Waals surface area contributed by atoms with E-state index >= 15 is 0 Å². The number of carbonyl (C=O) groups is 1. The van der Waals surface area contributed by atoms with E-state index in [0.717, 1.165) is 21.5 Å². The smallest absolute Gasteiger partial charge is 0.350 e. The number of aromatic nitrogens is 4. The number of halogens is 3. The number of rotatable bonds is 4. The summed E-state index contributed by atoms with van der Waals surface area (Å²) in [4.78, 5) is 36.7. The molecule has 0 aliphatic heterocycles. The first-order chi connectivity index (χ1) is 11.1. The summed E-state index contributed by atoms with van der Waals surface area (Å²) in [6.07, 6.45) is -3.46. The molecule has 0 aromatic carbocycles. The molecule has 11 heteroatoms. The summed E-state index contributed by atoms with van der Waals surface area (Å²) in [5, 5.41) is 5.81. The van der Waals surface area contributed by atoms with Crippen molar-refractivity contribution in [1.29, 1.82) is 0 Å². The predicted molar refractivity (Wildman–Crippen MR) is 76.6 cm³/mol. The predicted octanol–water partition coefficient (Wildman–Crippen LogP) is 0.0273. The van der Waals surface area contributed by atoms with E-state index < -0.39 is 29.0 Å². The van der Waals surface area contributed by atoms with Crippen LogP contribution in [-0.2, 0) is 19.8 Å². The molecule has 2 N–H and O–H groups in total. The third-order valence-electron chi connectivity index (χ3n) is 3.23. The molecule has 0 unspecified atom stereocenters. The summed E-state index contributed by atoms with van der Waals surface area (Å²) in [7, 11) is 1.36. The Kier molecular flexibility index (Phi) is 4.62. The molecule has 2 aromatic rings. The van der Waals surface area contributed by atoms with Gasteiger partial charge < -0.3 is 9.88 Å². The minimum Gasteiger partial charge on any atom is -0.350 e. The van der Waals surface area contributed by atoms with Gasteiger partial charge in [0.25, 0.3) is 11.5 Å². The molecule has 0 fully saturated rings. The zero-order valence-corrected chi connectivity index (χ0v) is 12.8. The summed E-state index contributed by atoms with van der Waals surface area (Å²) in [5.74, 6) is -0.743. The second-order valence-electron chi connectivity index (χ2n) is 5.06. The van der Waals surface area contributed by atoms with E-state index in [1.54, 1.807) is 0 Å². The number of aryl methyl sites for hydroxylation is 2. The van der Waals surface area contributed by atoms with Crippen molar-refractivity contribution in [3.8, 4) is 0 Å². The number of hydrogen-bond acceptors (Lipinski definition) is 4. The molecular formula is C13H14F3N5O3. The van der Waals surface area contributed by atoms with Gasteiger partial charge in [0.1, 0.15) is 5.56 Å². The highest BCUT2D eigenvalue weighted by Gasteiger charge is 2.34.